The van der Waals surface area contributed by atoms with Gasteiger partial charge in [-0.2, -0.15) is 0 Å². The number of ether oxygens (including phenoxy) is 1. The maximum Gasteiger partial charge on any atom is 0.337 e. The molecule has 0 aromatic heterocycles. The largest absolute Gasteiger partial charge is 0.478 e. The van der Waals surface area contributed by atoms with Gasteiger partial charge in [0.15, 0.2) is 0 Å². The van der Waals surface area contributed by atoms with Crippen LogP contribution in [0.4, 0.5) is 5.69 Å². The first-order chi connectivity index (χ1) is 9.22. The molecule has 0 saturated carbocycles. The van der Waals surface area contributed by atoms with Gasteiger partial charge in [0, 0.05) is 7.05 Å². The minimum atomic E-state index is -3.55. The van der Waals surface area contributed by atoms with Gasteiger partial charge in [0.2, 0.25) is 10.0 Å². The summed E-state index contributed by atoms with van der Waals surface area (Å²) in [6.45, 7) is 1.47. The monoisotopic (exact) mass is 301 g/mol. The average Bonchev–Trinajstić information content (AvgIpc) is 2.44. The van der Waals surface area contributed by atoms with E-state index in [0.717, 1.165) is 17.5 Å². The molecule has 0 fully saturated rings. The number of hydrogen-bond acceptors (Lipinski definition) is 5. The minimum Gasteiger partial charge on any atom is -0.478 e. The zero-order valence-electron chi connectivity index (χ0n) is 11.3. The van der Waals surface area contributed by atoms with E-state index in [-0.39, 0.29) is 22.6 Å². The average molecular weight is 301 g/mol. The molecule has 1 rings (SSSR count). The number of carbonyl (C=O) groups excluding carboxylic acids is 1. The van der Waals surface area contributed by atoms with Gasteiger partial charge in [-0.05, 0) is 25.1 Å². The highest BCUT2D eigenvalue weighted by molar-refractivity contribution is 7.92. The van der Waals surface area contributed by atoms with Crippen molar-refractivity contribution < 1.29 is 27.9 Å². The van der Waals surface area contributed by atoms with Crippen LogP contribution in [0, 0.1) is 0 Å². The summed E-state index contributed by atoms with van der Waals surface area (Å²) in [5, 5.41) is 9.01. The highest BCUT2D eigenvalue weighted by Crippen LogP contribution is 2.21. The summed E-state index contributed by atoms with van der Waals surface area (Å²) in [6.07, 6.45) is 0. The molecule has 0 heterocycles. The molecule has 110 valence electrons. The fraction of sp³-hybridized carbons (Fsp3) is 0.333. The quantitative estimate of drug-likeness (QED) is 0.813. The molecule has 0 aliphatic carbocycles. The van der Waals surface area contributed by atoms with E-state index in [4.69, 9.17) is 5.11 Å². The van der Waals surface area contributed by atoms with Crippen molar-refractivity contribution in [1.82, 2.24) is 0 Å². The van der Waals surface area contributed by atoms with E-state index in [0.29, 0.717) is 0 Å². The zero-order chi connectivity index (χ0) is 15.5. The lowest BCUT2D eigenvalue weighted by molar-refractivity contribution is 0.0600. The summed E-state index contributed by atoms with van der Waals surface area (Å²) in [7, 11) is -1.11. The molecule has 7 nitrogen and oxygen atoms in total. The third-order valence-corrected chi connectivity index (χ3v) is 4.51. The van der Waals surface area contributed by atoms with Crippen LogP contribution in [0.5, 0.6) is 0 Å². The van der Waals surface area contributed by atoms with Crippen LogP contribution in [0.1, 0.15) is 27.6 Å². The Hall–Kier alpha value is -2.09. The number of anilines is 1. The number of sulfonamides is 1. The molecule has 0 spiro atoms. The van der Waals surface area contributed by atoms with Crippen molar-refractivity contribution in [2.75, 3.05) is 24.2 Å². The van der Waals surface area contributed by atoms with E-state index in [2.05, 4.69) is 4.74 Å². The minimum absolute atomic E-state index is 0.0273. The van der Waals surface area contributed by atoms with E-state index >= 15 is 0 Å². The van der Waals surface area contributed by atoms with E-state index in [1.807, 2.05) is 0 Å². The number of hydrogen-bond donors (Lipinski definition) is 1. The number of carboxylic acid groups (broad SMARTS) is 1. The third kappa shape index (κ3) is 3.27. The second kappa shape index (κ2) is 5.91. The van der Waals surface area contributed by atoms with Crippen molar-refractivity contribution in [3.05, 3.63) is 29.3 Å². The van der Waals surface area contributed by atoms with Crippen LogP contribution in [0.3, 0.4) is 0 Å². The first-order valence-electron chi connectivity index (χ1n) is 5.66. The second-order valence-corrected chi connectivity index (χ2v) is 6.22. The van der Waals surface area contributed by atoms with Crippen LogP contribution in [0.25, 0.3) is 0 Å². The third-order valence-electron chi connectivity index (χ3n) is 2.73. The van der Waals surface area contributed by atoms with Gasteiger partial charge in [0.1, 0.15) is 0 Å². The topological polar surface area (TPSA) is 101 Å². The van der Waals surface area contributed by atoms with Crippen molar-refractivity contribution >= 4 is 27.6 Å². The Bertz CT molecular complexity index is 637. The summed E-state index contributed by atoms with van der Waals surface area (Å²) >= 11 is 0. The Balaban J connectivity index is 3.43. The van der Waals surface area contributed by atoms with Gasteiger partial charge in [-0.15, -0.1) is 0 Å². The first-order valence-corrected chi connectivity index (χ1v) is 7.27. The standard InChI is InChI=1S/C12H15NO6S/c1-4-20(17,18)13(2)10-6-8(11(14)15)5-9(7-10)12(16)19-3/h5-7H,4H2,1-3H3,(H,14,15). The number of aromatic carboxylic acids is 1. The predicted octanol–water partition coefficient (Wildman–Crippen LogP) is 0.957. The smallest absolute Gasteiger partial charge is 0.337 e. The molecule has 20 heavy (non-hydrogen) atoms. The van der Waals surface area contributed by atoms with Gasteiger partial charge in [0.25, 0.3) is 0 Å². The molecule has 0 radical (unpaired) electrons. The van der Waals surface area contributed by atoms with Crippen molar-refractivity contribution in [3.8, 4) is 0 Å². The molecule has 1 N–H and O–H groups in total. The molecule has 0 aliphatic rings. The van der Waals surface area contributed by atoms with Gasteiger partial charge < -0.3 is 9.84 Å². The Labute approximate surface area is 116 Å². The van der Waals surface area contributed by atoms with Gasteiger partial charge in [0.05, 0.1) is 29.7 Å². The van der Waals surface area contributed by atoms with E-state index in [9.17, 15) is 18.0 Å². The van der Waals surface area contributed by atoms with E-state index < -0.39 is 22.0 Å². The molecular formula is C12H15NO6S. The summed E-state index contributed by atoms with van der Waals surface area (Å²) in [5.41, 5.74) is -0.131. The molecule has 0 atom stereocenters. The van der Waals surface area contributed by atoms with Gasteiger partial charge in [-0.3, -0.25) is 4.31 Å². The fourth-order valence-electron chi connectivity index (χ4n) is 1.51. The van der Waals surface area contributed by atoms with Crippen LogP contribution >= 0.6 is 0 Å². The molecule has 0 saturated heterocycles. The summed E-state index contributed by atoms with van der Waals surface area (Å²) in [6, 6.07) is 3.58. The first kappa shape index (κ1) is 16.0. The van der Waals surface area contributed by atoms with Crippen LogP contribution in [0.2, 0.25) is 0 Å². The molecule has 1 aromatic carbocycles. The lowest BCUT2D eigenvalue weighted by Gasteiger charge is -2.19. The number of esters is 1. The summed E-state index contributed by atoms with van der Waals surface area (Å²) in [5.74, 6) is -2.15. The van der Waals surface area contributed by atoms with Gasteiger partial charge in [-0.25, -0.2) is 18.0 Å². The summed E-state index contributed by atoms with van der Waals surface area (Å²) in [4.78, 5) is 22.5. The SMILES string of the molecule is CCS(=O)(=O)N(C)c1cc(C(=O)O)cc(C(=O)OC)c1. The van der Waals surface area contributed by atoms with E-state index in [1.54, 1.807) is 0 Å². The van der Waals surface area contributed by atoms with E-state index in [1.165, 1.54) is 26.1 Å². The highest BCUT2D eigenvalue weighted by Gasteiger charge is 2.20. The highest BCUT2D eigenvalue weighted by atomic mass is 32.2. The van der Waals surface area contributed by atoms with Gasteiger partial charge >= 0.3 is 11.9 Å². The number of carboxylic acids is 1. The van der Waals surface area contributed by atoms with Crippen molar-refractivity contribution in [2.24, 2.45) is 0 Å². The Morgan fingerprint density at radius 3 is 2.25 bits per heavy atom. The van der Waals surface area contributed by atoms with Crippen molar-refractivity contribution in [3.63, 3.8) is 0 Å². The molecule has 0 bridgehead atoms. The number of benzene rings is 1. The maximum atomic E-state index is 11.8. The zero-order valence-corrected chi connectivity index (χ0v) is 12.1. The molecular weight excluding hydrogens is 286 g/mol. The van der Waals surface area contributed by atoms with Crippen LogP contribution in [-0.2, 0) is 14.8 Å². The molecule has 0 aliphatic heterocycles. The maximum absolute atomic E-state index is 11.8. The van der Waals surface area contributed by atoms with Crippen molar-refractivity contribution in [2.45, 2.75) is 6.92 Å². The predicted molar refractivity (Wildman–Crippen MR) is 72.6 cm³/mol. The number of nitrogens with zero attached hydrogens (tertiary/aromatic N) is 1. The fourth-order valence-corrected chi connectivity index (χ4v) is 2.32. The number of carbonyl (C=O) groups is 2. The van der Waals surface area contributed by atoms with Gasteiger partial charge in [-0.1, -0.05) is 0 Å². The normalized spacial score (nSPS) is 10.9. The number of rotatable bonds is 5. The van der Waals surface area contributed by atoms with Crippen molar-refractivity contribution in [1.29, 1.82) is 0 Å². The lowest BCUT2D eigenvalue weighted by atomic mass is 10.1. The number of methoxy groups -OCH3 is 1. The van der Waals surface area contributed by atoms with Crippen LogP contribution < -0.4 is 4.31 Å². The van der Waals surface area contributed by atoms with Crippen LogP contribution in [0.15, 0.2) is 18.2 Å². The van der Waals surface area contributed by atoms with Crippen LogP contribution in [-0.4, -0.2) is 45.4 Å². The molecule has 8 heteroatoms. The molecule has 1 aromatic rings. The summed E-state index contributed by atoms with van der Waals surface area (Å²) < 4.78 is 29.0. The Morgan fingerprint density at radius 2 is 1.80 bits per heavy atom. The lowest BCUT2D eigenvalue weighted by Crippen LogP contribution is -2.28. The molecule has 0 amide bonds. The Kier molecular flexibility index (Phi) is 4.72. The second-order valence-electron chi connectivity index (χ2n) is 3.93. The Morgan fingerprint density at radius 1 is 1.25 bits per heavy atom. The molecule has 0 unspecified atom stereocenters.